The van der Waals surface area contributed by atoms with Crippen LogP contribution in [0.15, 0.2) is 48.0 Å². The summed E-state index contributed by atoms with van der Waals surface area (Å²) in [5.74, 6) is 2.06. The fourth-order valence-electron chi connectivity index (χ4n) is 5.99. The molecular weight excluding hydrogens is 458 g/mol. The van der Waals surface area contributed by atoms with Gasteiger partial charge in [-0.05, 0) is 75.4 Å². The monoisotopic (exact) mass is 494 g/mol. The number of pyridine rings is 1. The Hall–Kier alpha value is -2.91. The van der Waals surface area contributed by atoms with Crippen LogP contribution in [-0.2, 0) is 19.9 Å². The van der Waals surface area contributed by atoms with Crippen molar-refractivity contribution < 1.29 is 9.30 Å². The molecule has 1 aliphatic rings. The van der Waals surface area contributed by atoms with Crippen LogP contribution < -0.4 is 9.30 Å². The Bertz CT molecular complexity index is 1690. The average Bonchev–Trinajstić information content (AvgIpc) is 3.26. The molecule has 0 N–H and O–H groups in total. The van der Waals surface area contributed by atoms with Gasteiger partial charge < -0.3 is 4.74 Å². The molecule has 0 fully saturated rings. The van der Waals surface area contributed by atoms with Crippen LogP contribution in [0, 0.1) is 17.8 Å². The van der Waals surface area contributed by atoms with E-state index >= 15 is 0 Å². The summed E-state index contributed by atoms with van der Waals surface area (Å²) in [6.07, 6.45) is 4.24. The number of fused-ring (bicyclic) bond motifs is 5. The van der Waals surface area contributed by atoms with Gasteiger partial charge in [0.05, 0.1) is 10.9 Å². The van der Waals surface area contributed by atoms with E-state index in [-0.39, 0.29) is 10.8 Å². The molecule has 0 saturated carbocycles. The third kappa shape index (κ3) is 3.71. The van der Waals surface area contributed by atoms with Crippen LogP contribution in [0.4, 0.5) is 0 Å². The van der Waals surface area contributed by atoms with Gasteiger partial charge in [0.25, 0.3) is 0 Å². The van der Waals surface area contributed by atoms with E-state index in [4.69, 9.17) is 4.74 Å². The Morgan fingerprint density at radius 2 is 1.58 bits per heavy atom. The first kappa shape index (κ1) is 23.5. The minimum absolute atomic E-state index is 0.149. The molecule has 2 aromatic heterocycles. The first-order chi connectivity index (χ1) is 16.9. The van der Waals surface area contributed by atoms with E-state index in [1.807, 2.05) is 11.3 Å². The van der Waals surface area contributed by atoms with Gasteiger partial charge in [0.15, 0.2) is 6.20 Å². The minimum atomic E-state index is 0.149. The van der Waals surface area contributed by atoms with Crippen molar-refractivity contribution in [2.75, 3.05) is 0 Å². The van der Waals surface area contributed by atoms with Crippen molar-refractivity contribution in [3.8, 4) is 22.8 Å². The van der Waals surface area contributed by atoms with Crippen molar-refractivity contribution in [2.45, 2.75) is 61.3 Å². The first-order valence-electron chi connectivity index (χ1n) is 13.0. The molecule has 36 heavy (non-hydrogen) atoms. The summed E-state index contributed by atoms with van der Waals surface area (Å²) in [5.41, 5.74) is 6.96. The van der Waals surface area contributed by atoms with Crippen LogP contribution >= 0.6 is 11.3 Å². The molecule has 0 spiro atoms. The van der Waals surface area contributed by atoms with Crippen LogP contribution in [0.2, 0.25) is 0 Å². The highest BCUT2D eigenvalue weighted by molar-refractivity contribution is 7.17. The predicted octanol–water partition coefficient (Wildman–Crippen LogP) is 9.29. The third-order valence-electron chi connectivity index (χ3n) is 7.34. The highest BCUT2D eigenvalue weighted by Gasteiger charge is 2.35. The van der Waals surface area contributed by atoms with E-state index in [1.165, 1.54) is 59.6 Å². The number of benzene rings is 3. The van der Waals surface area contributed by atoms with E-state index in [9.17, 15) is 0 Å². The van der Waals surface area contributed by atoms with Crippen molar-refractivity contribution in [1.82, 2.24) is 0 Å². The fourth-order valence-corrected chi connectivity index (χ4v) is 6.93. The van der Waals surface area contributed by atoms with Crippen molar-refractivity contribution in [3.05, 3.63) is 64.7 Å². The lowest BCUT2D eigenvalue weighted by Gasteiger charge is -2.28. The summed E-state index contributed by atoms with van der Waals surface area (Å²) in [6, 6.07) is 13.8. The van der Waals surface area contributed by atoms with Gasteiger partial charge in [-0.3, -0.25) is 0 Å². The SMILES string of the molecule is Cc1c2c(c(CC(C)(C)C)c3ccsc13)Oc1c3ccc(CC(C)(C)C)cc3cc3cc[n+](C)c-2c13. The van der Waals surface area contributed by atoms with Gasteiger partial charge in [-0.25, -0.2) is 4.57 Å². The Balaban J connectivity index is 1.71. The van der Waals surface area contributed by atoms with E-state index in [2.05, 4.69) is 108 Å². The van der Waals surface area contributed by atoms with Crippen molar-refractivity contribution in [2.24, 2.45) is 17.9 Å². The summed E-state index contributed by atoms with van der Waals surface area (Å²) in [5, 5.41) is 8.50. The Kier molecular flexibility index (Phi) is 5.08. The number of thiophene rings is 1. The maximum Gasteiger partial charge on any atom is 0.228 e. The molecule has 184 valence electrons. The third-order valence-corrected chi connectivity index (χ3v) is 8.38. The Labute approximate surface area is 218 Å². The number of nitrogens with zero attached hydrogens (tertiary/aromatic N) is 1. The summed E-state index contributed by atoms with van der Waals surface area (Å²) in [6.45, 7) is 16.1. The summed E-state index contributed by atoms with van der Waals surface area (Å²) in [4.78, 5) is 0. The van der Waals surface area contributed by atoms with Gasteiger partial charge in [0.1, 0.15) is 18.5 Å². The van der Waals surface area contributed by atoms with E-state index in [0.29, 0.717) is 0 Å². The minimum Gasteiger partial charge on any atom is -0.455 e. The lowest BCUT2D eigenvalue weighted by molar-refractivity contribution is -0.659. The molecule has 0 atom stereocenters. The average molecular weight is 495 g/mol. The Morgan fingerprint density at radius 1 is 0.833 bits per heavy atom. The second-order valence-corrected chi connectivity index (χ2v) is 14.0. The molecule has 6 rings (SSSR count). The lowest BCUT2D eigenvalue weighted by atomic mass is 9.83. The molecule has 0 unspecified atom stereocenters. The molecule has 0 amide bonds. The second kappa shape index (κ2) is 7.79. The molecule has 0 bridgehead atoms. The van der Waals surface area contributed by atoms with Gasteiger partial charge in [-0.2, -0.15) is 0 Å². The van der Waals surface area contributed by atoms with Gasteiger partial charge in [-0.1, -0.05) is 59.7 Å². The van der Waals surface area contributed by atoms with E-state index in [0.717, 1.165) is 24.3 Å². The number of rotatable bonds is 2. The number of hydrogen-bond donors (Lipinski definition) is 0. The molecule has 1 aliphatic heterocycles. The van der Waals surface area contributed by atoms with Crippen molar-refractivity contribution in [3.63, 3.8) is 0 Å². The standard InChI is InChI=1S/C33H36NOS/c1-19-26-28-27-21(11-13-34(28)8)16-22-15-20(17-32(2,3)4)9-10-23(22)29(27)35-30(26)25(18-33(5,6)7)24-12-14-36-31(19)24/h9-16H,17-18H2,1-8H3/q+1. The molecule has 3 heterocycles. The topological polar surface area (TPSA) is 13.1 Å². The normalized spacial score (nSPS) is 13.4. The number of ether oxygens (including phenoxy) is 1. The van der Waals surface area contributed by atoms with Crippen LogP contribution in [0.3, 0.4) is 0 Å². The van der Waals surface area contributed by atoms with Crippen LogP contribution in [0.5, 0.6) is 11.5 Å². The van der Waals surface area contributed by atoms with Gasteiger partial charge in [-0.15, -0.1) is 11.3 Å². The zero-order chi connectivity index (χ0) is 25.6. The molecule has 2 nitrogen and oxygen atoms in total. The van der Waals surface area contributed by atoms with E-state index < -0.39 is 0 Å². The predicted molar refractivity (Wildman–Crippen MR) is 155 cm³/mol. The summed E-state index contributed by atoms with van der Waals surface area (Å²) in [7, 11) is 2.17. The van der Waals surface area contributed by atoms with E-state index in [1.54, 1.807) is 0 Å². The quantitative estimate of drug-likeness (QED) is 0.173. The highest BCUT2D eigenvalue weighted by atomic mass is 32.1. The molecule has 3 heteroatoms. The van der Waals surface area contributed by atoms with Gasteiger partial charge in [0.2, 0.25) is 5.69 Å². The van der Waals surface area contributed by atoms with Crippen LogP contribution in [0.1, 0.15) is 58.2 Å². The molecule has 0 saturated heterocycles. The molecular formula is C33H36NOS+. The van der Waals surface area contributed by atoms with Gasteiger partial charge >= 0.3 is 0 Å². The first-order valence-corrected chi connectivity index (χ1v) is 13.9. The maximum absolute atomic E-state index is 7.09. The molecule has 5 aromatic rings. The second-order valence-electron chi connectivity index (χ2n) is 13.0. The lowest BCUT2D eigenvalue weighted by Crippen LogP contribution is -2.32. The molecule has 3 aromatic carbocycles. The number of hydrogen-bond acceptors (Lipinski definition) is 2. The van der Waals surface area contributed by atoms with Crippen molar-refractivity contribution in [1.29, 1.82) is 0 Å². The fraction of sp³-hybridized carbons (Fsp3) is 0.364. The largest absolute Gasteiger partial charge is 0.455 e. The molecule has 0 aliphatic carbocycles. The Morgan fingerprint density at radius 3 is 2.31 bits per heavy atom. The van der Waals surface area contributed by atoms with Gasteiger partial charge in [0, 0.05) is 21.7 Å². The van der Waals surface area contributed by atoms with Crippen molar-refractivity contribution >= 4 is 43.0 Å². The number of aryl methyl sites for hydroxylation is 2. The zero-order valence-corrected chi connectivity index (χ0v) is 23.6. The van der Waals surface area contributed by atoms with Crippen LogP contribution in [0.25, 0.3) is 42.9 Å². The van der Waals surface area contributed by atoms with Crippen LogP contribution in [-0.4, -0.2) is 0 Å². The highest BCUT2D eigenvalue weighted by Crippen LogP contribution is 2.54. The summed E-state index contributed by atoms with van der Waals surface area (Å²) < 4.78 is 10.8. The molecule has 0 radical (unpaired) electrons. The number of aromatic nitrogens is 1. The smallest absolute Gasteiger partial charge is 0.228 e. The maximum atomic E-state index is 7.09. The zero-order valence-electron chi connectivity index (χ0n) is 22.8. The summed E-state index contributed by atoms with van der Waals surface area (Å²) >= 11 is 1.85.